The smallest absolute Gasteiger partial charge is 0.243 e. The van der Waals surface area contributed by atoms with Gasteiger partial charge in [-0.25, -0.2) is 12.8 Å². The number of nitrogens with two attached hydrogens (primary N) is 1. The van der Waals surface area contributed by atoms with Crippen LogP contribution in [0.1, 0.15) is 12.8 Å². The predicted octanol–water partition coefficient (Wildman–Crippen LogP) is 1.47. The summed E-state index contributed by atoms with van der Waals surface area (Å²) in [5, 5.41) is 0. The molecule has 2 rings (SSSR count). The quantitative estimate of drug-likeness (QED) is 0.881. The largest absolute Gasteiger partial charge is 0.369 e. The Morgan fingerprint density at radius 3 is 2.45 bits per heavy atom. The first-order valence-electron chi connectivity index (χ1n) is 6.07. The molecular formula is C12H14BrFN2O3S. The van der Waals surface area contributed by atoms with Crippen molar-refractivity contribution < 1.29 is 17.6 Å². The van der Waals surface area contributed by atoms with Crippen molar-refractivity contribution in [1.82, 2.24) is 4.31 Å². The van der Waals surface area contributed by atoms with E-state index in [1.807, 2.05) is 0 Å². The summed E-state index contributed by atoms with van der Waals surface area (Å²) < 4.78 is 39.6. The van der Waals surface area contributed by atoms with Crippen molar-refractivity contribution in [3.63, 3.8) is 0 Å². The van der Waals surface area contributed by atoms with Gasteiger partial charge >= 0.3 is 0 Å². The van der Waals surface area contributed by atoms with E-state index in [4.69, 9.17) is 5.73 Å². The van der Waals surface area contributed by atoms with Crippen molar-refractivity contribution in [2.75, 3.05) is 13.1 Å². The monoisotopic (exact) mass is 364 g/mol. The van der Waals surface area contributed by atoms with Crippen LogP contribution in [-0.2, 0) is 14.8 Å². The number of sulfonamides is 1. The molecule has 1 heterocycles. The van der Waals surface area contributed by atoms with E-state index >= 15 is 0 Å². The minimum absolute atomic E-state index is 0.0873. The molecule has 0 aliphatic carbocycles. The lowest BCUT2D eigenvalue weighted by molar-refractivity contribution is -0.122. The molecule has 1 amide bonds. The lowest BCUT2D eigenvalue weighted by atomic mass is 9.98. The van der Waals surface area contributed by atoms with Gasteiger partial charge in [0.2, 0.25) is 15.9 Å². The molecular weight excluding hydrogens is 351 g/mol. The van der Waals surface area contributed by atoms with Gasteiger partial charge in [-0.05, 0) is 47.0 Å². The molecule has 1 aliphatic heterocycles. The average Bonchev–Trinajstić information content (AvgIpc) is 2.41. The summed E-state index contributed by atoms with van der Waals surface area (Å²) in [7, 11) is -3.73. The van der Waals surface area contributed by atoms with Crippen LogP contribution in [0.4, 0.5) is 4.39 Å². The molecule has 1 saturated heterocycles. The maximum atomic E-state index is 13.5. The minimum atomic E-state index is -3.73. The van der Waals surface area contributed by atoms with E-state index in [9.17, 15) is 17.6 Å². The van der Waals surface area contributed by atoms with Crippen LogP contribution in [0, 0.1) is 11.7 Å². The second-order valence-corrected chi connectivity index (χ2v) is 7.45. The van der Waals surface area contributed by atoms with E-state index in [1.54, 1.807) is 0 Å². The Bertz CT molecular complexity index is 628. The molecule has 0 spiro atoms. The van der Waals surface area contributed by atoms with Crippen molar-refractivity contribution >= 4 is 31.9 Å². The standard InChI is InChI=1S/C12H14BrFN2O3S/c13-10-2-1-9(7-11(10)14)20(18,19)16-5-3-8(4-6-16)12(15)17/h1-2,7-8H,3-6H2,(H2,15,17). The molecule has 20 heavy (non-hydrogen) atoms. The predicted molar refractivity (Wildman–Crippen MR) is 74.8 cm³/mol. The maximum absolute atomic E-state index is 13.5. The number of hydrogen-bond acceptors (Lipinski definition) is 3. The van der Waals surface area contributed by atoms with Crippen LogP contribution in [0.25, 0.3) is 0 Å². The normalized spacial score (nSPS) is 18.1. The summed E-state index contributed by atoms with van der Waals surface area (Å²) in [6, 6.07) is 3.70. The summed E-state index contributed by atoms with van der Waals surface area (Å²) in [5.74, 6) is -1.32. The van der Waals surface area contributed by atoms with Crippen LogP contribution < -0.4 is 5.73 Å². The van der Waals surface area contributed by atoms with Crippen molar-refractivity contribution in [2.45, 2.75) is 17.7 Å². The third kappa shape index (κ3) is 3.02. The van der Waals surface area contributed by atoms with Gasteiger partial charge in [-0.3, -0.25) is 4.79 Å². The molecule has 8 heteroatoms. The number of halogens is 2. The third-order valence-corrected chi connectivity index (χ3v) is 5.92. The molecule has 110 valence electrons. The van der Waals surface area contributed by atoms with E-state index in [1.165, 1.54) is 16.4 Å². The number of carbonyl (C=O) groups is 1. The zero-order valence-corrected chi connectivity index (χ0v) is 13.0. The Hall–Kier alpha value is -0.990. The summed E-state index contributed by atoms with van der Waals surface area (Å²) in [5.41, 5.74) is 5.21. The molecule has 5 nitrogen and oxygen atoms in total. The fraction of sp³-hybridized carbons (Fsp3) is 0.417. The molecule has 1 fully saturated rings. The topological polar surface area (TPSA) is 80.5 Å². The summed E-state index contributed by atoms with van der Waals surface area (Å²) >= 11 is 2.98. The number of hydrogen-bond donors (Lipinski definition) is 1. The van der Waals surface area contributed by atoms with Crippen LogP contribution in [0.3, 0.4) is 0 Å². The number of amides is 1. The highest BCUT2D eigenvalue weighted by Gasteiger charge is 2.31. The first-order valence-corrected chi connectivity index (χ1v) is 8.30. The fourth-order valence-corrected chi connectivity index (χ4v) is 3.90. The molecule has 0 aromatic heterocycles. The Morgan fingerprint density at radius 1 is 1.35 bits per heavy atom. The van der Waals surface area contributed by atoms with Crippen LogP contribution in [0.5, 0.6) is 0 Å². The number of nitrogens with zero attached hydrogens (tertiary/aromatic N) is 1. The summed E-state index contributed by atoms with van der Waals surface area (Å²) in [4.78, 5) is 11.0. The molecule has 0 radical (unpaired) electrons. The number of primary amides is 1. The number of piperidine rings is 1. The molecule has 0 atom stereocenters. The fourth-order valence-electron chi connectivity index (χ4n) is 2.17. The summed E-state index contributed by atoms with van der Waals surface area (Å²) in [6.45, 7) is 0.432. The zero-order valence-electron chi connectivity index (χ0n) is 10.6. The van der Waals surface area contributed by atoms with Gasteiger partial charge in [0.25, 0.3) is 0 Å². The van der Waals surface area contributed by atoms with Crippen LogP contribution >= 0.6 is 15.9 Å². The van der Waals surface area contributed by atoms with Gasteiger partial charge in [-0.15, -0.1) is 0 Å². The Morgan fingerprint density at radius 2 is 1.95 bits per heavy atom. The van der Waals surface area contributed by atoms with E-state index in [-0.39, 0.29) is 28.4 Å². The van der Waals surface area contributed by atoms with Crippen LogP contribution in [0.15, 0.2) is 27.6 Å². The minimum Gasteiger partial charge on any atom is -0.369 e. The van der Waals surface area contributed by atoms with Gasteiger partial charge in [-0.1, -0.05) is 0 Å². The van der Waals surface area contributed by atoms with Crippen molar-refractivity contribution in [1.29, 1.82) is 0 Å². The van der Waals surface area contributed by atoms with Gasteiger partial charge in [0, 0.05) is 19.0 Å². The average molecular weight is 365 g/mol. The lowest BCUT2D eigenvalue weighted by Crippen LogP contribution is -2.41. The highest BCUT2D eigenvalue weighted by molar-refractivity contribution is 9.10. The lowest BCUT2D eigenvalue weighted by Gasteiger charge is -2.29. The molecule has 0 saturated carbocycles. The number of rotatable bonds is 3. The maximum Gasteiger partial charge on any atom is 0.243 e. The van der Waals surface area contributed by atoms with Crippen molar-refractivity contribution in [2.24, 2.45) is 11.7 Å². The zero-order chi connectivity index (χ0) is 14.9. The first-order chi connectivity index (χ1) is 9.32. The molecule has 1 aromatic carbocycles. The SMILES string of the molecule is NC(=O)C1CCN(S(=O)(=O)c2ccc(Br)c(F)c2)CC1. The third-order valence-electron chi connectivity index (χ3n) is 3.39. The van der Waals surface area contributed by atoms with Crippen LogP contribution in [-0.4, -0.2) is 31.7 Å². The second kappa shape index (κ2) is 5.79. The highest BCUT2D eigenvalue weighted by Crippen LogP contribution is 2.26. The Labute approximate surface area is 125 Å². The molecule has 0 bridgehead atoms. The number of benzene rings is 1. The second-order valence-electron chi connectivity index (χ2n) is 4.66. The van der Waals surface area contributed by atoms with Gasteiger partial charge in [-0.2, -0.15) is 4.31 Å². The van der Waals surface area contributed by atoms with E-state index in [0.29, 0.717) is 12.8 Å². The molecule has 0 unspecified atom stereocenters. The first kappa shape index (κ1) is 15.4. The number of carbonyl (C=O) groups excluding carboxylic acids is 1. The Balaban J connectivity index is 2.19. The van der Waals surface area contributed by atoms with Crippen LogP contribution in [0.2, 0.25) is 0 Å². The van der Waals surface area contributed by atoms with Gasteiger partial charge in [0.05, 0.1) is 9.37 Å². The molecule has 1 aromatic rings. The van der Waals surface area contributed by atoms with Gasteiger partial charge in [0.1, 0.15) is 5.82 Å². The molecule has 2 N–H and O–H groups in total. The van der Waals surface area contributed by atoms with E-state index in [0.717, 1.165) is 6.07 Å². The highest BCUT2D eigenvalue weighted by atomic mass is 79.9. The summed E-state index contributed by atoms with van der Waals surface area (Å²) in [6.07, 6.45) is 0.793. The Kier molecular flexibility index (Phi) is 4.46. The molecule has 1 aliphatic rings. The van der Waals surface area contributed by atoms with Crippen molar-refractivity contribution in [3.05, 3.63) is 28.5 Å². The van der Waals surface area contributed by atoms with E-state index in [2.05, 4.69) is 15.9 Å². The van der Waals surface area contributed by atoms with Crippen molar-refractivity contribution in [3.8, 4) is 0 Å². The van der Waals surface area contributed by atoms with Gasteiger partial charge < -0.3 is 5.73 Å². The van der Waals surface area contributed by atoms with E-state index < -0.39 is 21.7 Å². The van der Waals surface area contributed by atoms with Gasteiger partial charge in [0.15, 0.2) is 0 Å².